The van der Waals surface area contributed by atoms with Crippen LogP contribution < -0.4 is 15.8 Å². The normalized spacial score (nSPS) is 15.3. The molecule has 3 rings (SSSR count). The molecule has 0 bridgehead atoms. The predicted octanol–water partition coefficient (Wildman–Crippen LogP) is 2.07. The molecule has 0 radical (unpaired) electrons. The Morgan fingerprint density at radius 1 is 1.40 bits per heavy atom. The van der Waals surface area contributed by atoms with Crippen molar-refractivity contribution in [1.82, 2.24) is 14.8 Å². The number of nitrogens with two attached hydrogens (primary N) is 1. The molecule has 1 saturated heterocycles. The first-order valence-corrected chi connectivity index (χ1v) is 7.67. The molecule has 0 spiro atoms. The van der Waals surface area contributed by atoms with Gasteiger partial charge in [-0.25, -0.2) is 4.98 Å². The molecule has 134 valence electrons. The van der Waals surface area contributed by atoms with E-state index in [2.05, 4.69) is 20.1 Å². The third kappa shape index (κ3) is 4.21. The van der Waals surface area contributed by atoms with Gasteiger partial charge in [0.2, 0.25) is 5.88 Å². The molecule has 10 heteroatoms. The number of carbonyl (C=O) groups is 1. The van der Waals surface area contributed by atoms with Crippen LogP contribution in [0.2, 0.25) is 0 Å². The van der Waals surface area contributed by atoms with E-state index in [0.717, 1.165) is 12.8 Å². The minimum atomic E-state index is -2.94. The predicted molar refractivity (Wildman–Crippen MR) is 84.0 cm³/mol. The number of ether oxygens (including phenoxy) is 2. The SMILES string of the molecule is NC(=O)c1cn(C2CCOCC2)nc1Nc1ccc(OC(F)F)nc1. The Morgan fingerprint density at radius 2 is 2.16 bits per heavy atom. The summed E-state index contributed by atoms with van der Waals surface area (Å²) in [4.78, 5) is 15.4. The van der Waals surface area contributed by atoms with Crippen molar-refractivity contribution in [3.05, 3.63) is 30.1 Å². The van der Waals surface area contributed by atoms with E-state index in [1.54, 1.807) is 10.9 Å². The number of nitrogens with zero attached hydrogens (tertiary/aromatic N) is 3. The van der Waals surface area contributed by atoms with Gasteiger partial charge in [0, 0.05) is 25.5 Å². The van der Waals surface area contributed by atoms with Gasteiger partial charge in [-0.2, -0.15) is 13.9 Å². The lowest BCUT2D eigenvalue weighted by Crippen LogP contribution is -2.20. The van der Waals surface area contributed by atoms with Crippen LogP contribution in [0.4, 0.5) is 20.3 Å². The zero-order valence-corrected chi connectivity index (χ0v) is 13.2. The van der Waals surface area contributed by atoms with E-state index in [0.29, 0.717) is 18.9 Å². The van der Waals surface area contributed by atoms with Gasteiger partial charge in [-0.15, -0.1) is 0 Å². The van der Waals surface area contributed by atoms with E-state index in [4.69, 9.17) is 10.5 Å². The summed E-state index contributed by atoms with van der Waals surface area (Å²) in [6, 6.07) is 2.90. The lowest BCUT2D eigenvalue weighted by Gasteiger charge is -2.22. The first-order valence-electron chi connectivity index (χ1n) is 7.67. The molecule has 1 aliphatic rings. The number of rotatable bonds is 6. The number of hydrogen-bond acceptors (Lipinski definition) is 6. The third-order valence-electron chi connectivity index (χ3n) is 3.77. The smallest absolute Gasteiger partial charge is 0.388 e. The van der Waals surface area contributed by atoms with Gasteiger partial charge in [-0.1, -0.05) is 0 Å². The zero-order valence-electron chi connectivity index (χ0n) is 13.2. The third-order valence-corrected chi connectivity index (χ3v) is 3.77. The monoisotopic (exact) mass is 353 g/mol. The molecule has 1 aliphatic heterocycles. The highest BCUT2D eigenvalue weighted by molar-refractivity contribution is 5.98. The van der Waals surface area contributed by atoms with Crippen LogP contribution in [0.15, 0.2) is 24.5 Å². The lowest BCUT2D eigenvalue weighted by molar-refractivity contribution is -0.0528. The van der Waals surface area contributed by atoms with E-state index in [-0.39, 0.29) is 23.3 Å². The maximum Gasteiger partial charge on any atom is 0.388 e. The maximum absolute atomic E-state index is 12.1. The van der Waals surface area contributed by atoms with E-state index in [1.807, 2.05) is 0 Å². The second-order valence-corrected chi connectivity index (χ2v) is 5.47. The fourth-order valence-corrected chi connectivity index (χ4v) is 2.55. The standard InChI is InChI=1S/C15H17F2N5O3/c16-15(17)25-12-2-1-9(7-19-12)20-14-11(13(18)23)8-22(21-14)10-3-5-24-6-4-10/h1-2,7-8,10,15H,3-6H2,(H2,18,23)(H,20,21). The quantitative estimate of drug-likeness (QED) is 0.824. The molecule has 1 amide bonds. The molecule has 25 heavy (non-hydrogen) atoms. The Kier molecular flexibility index (Phi) is 5.08. The number of carbonyl (C=O) groups excluding carboxylic acids is 1. The highest BCUT2D eigenvalue weighted by Gasteiger charge is 2.21. The highest BCUT2D eigenvalue weighted by Crippen LogP contribution is 2.25. The molecule has 3 heterocycles. The lowest BCUT2D eigenvalue weighted by atomic mass is 10.1. The molecular weight excluding hydrogens is 336 g/mol. The average Bonchev–Trinajstić information content (AvgIpc) is 3.01. The fraction of sp³-hybridized carbons (Fsp3) is 0.400. The van der Waals surface area contributed by atoms with Crippen molar-refractivity contribution >= 4 is 17.4 Å². The van der Waals surface area contributed by atoms with Crippen LogP contribution in [0.25, 0.3) is 0 Å². The summed E-state index contributed by atoms with van der Waals surface area (Å²) < 4.78 is 35.5. The molecule has 1 fully saturated rings. The van der Waals surface area contributed by atoms with Gasteiger partial charge >= 0.3 is 6.61 Å². The topological polar surface area (TPSA) is 104 Å². The van der Waals surface area contributed by atoms with Gasteiger partial charge in [-0.05, 0) is 18.9 Å². The molecule has 0 saturated carbocycles. The van der Waals surface area contributed by atoms with Gasteiger partial charge in [-0.3, -0.25) is 9.48 Å². The Labute approximate surface area is 141 Å². The van der Waals surface area contributed by atoms with Gasteiger partial charge in [0.15, 0.2) is 5.82 Å². The minimum absolute atomic E-state index is 0.127. The highest BCUT2D eigenvalue weighted by atomic mass is 19.3. The van der Waals surface area contributed by atoms with Crippen LogP contribution in [0.5, 0.6) is 5.88 Å². The Bertz CT molecular complexity index is 729. The van der Waals surface area contributed by atoms with Gasteiger partial charge in [0.1, 0.15) is 5.56 Å². The number of aromatic nitrogens is 3. The Hall–Kier alpha value is -2.75. The van der Waals surface area contributed by atoms with Gasteiger partial charge in [0.05, 0.1) is 17.9 Å². The summed E-state index contributed by atoms with van der Waals surface area (Å²) in [6.45, 7) is -1.67. The summed E-state index contributed by atoms with van der Waals surface area (Å²) in [5, 5.41) is 7.32. The number of pyridine rings is 1. The van der Waals surface area contributed by atoms with Crippen molar-refractivity contribution in [1.29, 1.82) is 0 Å². The molecule has 8 nitrogen and oxygen atoms in total. The molecule has 0 aromatic carbocycles. The van der Waals surface area contributed by atoms with Crippen LogP contribution in [0, 0.1) is 0 Å². The summed E-state index contributed by atoms with van der Waals surface area (Å²) in [7, 11) is 0. The van der Waals surface area contributed by atoms with Crippen LogP contribution >= 0.6 is 0 Å². The largest absolute Gasteiger partial charge is 0.417 e. The number of amides is 1. The maximum atomic E-state index is 12.1. The summed E-state index contributed by atoms with van der Waals surface area (Å²) in [5.41, 5.74) is 6.11. The number of primary amides is 1. The number of nitrogens with one attached hydrogen (secondary N) is 1. The molecule has 0 unspecified atom stereocenters. The van der Waals surface area contributed by atoms with Crippen LogP contribution in [0.1, 0.15) is 29.2 Å². The van der Waals surface area contributed by atoms with Crippen molar-refractivity contribution in [2.45, 2.75) is 25.5 Å². The Morgan fingerprint density at radius 3 is 2.76 bits per heavy atom. The van der Waals surface area contributed by atoms with E-state index < -0.39 is 12.5 Å². The summed E-state index contributed by atoms with van der Waals surface area (Å²) in [5.74, 6) is -0.543. The van der Waals surface area contributed by atoms with Gasteiger partial charge < -0.3 is 20.5 Å². The van der Waals surface area contributed by atoms with E-state index in [9.17, 15) is 13.6 Å². The number of anilines is 2. The van der Waals surface area contributed by atoms with Crippen LogP contribution in [-0.4, -0.2) is 40.5 Å². The Balaban J connectivity index is 1.78. The van der Waals surface area contributed by atoms with Crippen LogP contribution in [0.3, 0.4) is 0 Å². The molecule has 2 aromatic heterocycles. The number of hydrogen-bond donors (Lipinski definition) is 2. The number of halogens is 2. The fourth-order valence-electron chi connectivity index (χ4n) is 2.55. The van der Waals surface area contributed by atoms with Crippen molar-refractivity contribution in [3.63, 3.8) is 0 Å². The van der Waals surface area contributed by atoms with Crippen LogP contribution in [-0.2, 0) is 4.74 Å². The van der Waals surface area contributed by atoms with E-state index in [1.165, 1.54) is 18.3 Å². The van der Waals surface area contributed by atoms with Crippen molar-refractivity contribution in [2.75, 3.05) is 18.5 Å². The van der Waals surface area contributed by atoms with Gasteiger partial charge in [0.25, 0.3) is 5.91 Å². The molecule has 3 N–H and O–H groups in total. The average molecular weight is 353 g/mol. The molecule has 2 aromatic rings. The van der Waals surface area contributed by atoms with Crippen molar-refractivity contribution < 1.29 is 23.0 Å². The first-order chi connectivity index (χ1) is 12.0. The second-order valence-electron chi connectivity index (χ2n) is 5.47. The second kappa shape index (κ2) is 7.43. The molecule has 0 atom stereocenters. The van der Waals surface area contributed by atoms with Crippen molar-refractivity contribution in [3.8, 4) is 5.88 Å². The van der Waals surface area contributed by atoms with Crippen molar-refractivity contribution in [2.24, 2.45) is 5.73 Å². The first kappa shape index (κ1) is 17.1. The molecule has 0 aliphatic carbocycles. The minimum Gasteiger partial charge on any atom is -0.417 e. The summed E-state index contributed by atoms with van der Waals surface area (Å²) >= 11 is 0. The summed E-state index contributed by atoms with van der Waals surface area (Å²) in [6.07, 6.45) is 4.49. The zero-order chi connectivity index (χ0) is 17.8. The van der Waals surface area contributed by atoms with E-state index >= 15 is 0 Å². The number of alkyl halides is 2. The molecular formula is C15H17F2N5O3.